The normalized spacial score (nSPS) is 12.6. The van der Waals surface area contributed by atoms with Gasteiger partial charge in [0.05, 0.1) is 10.4 Å². The van der Waals surface area contributed by atoms with Crippen LogP contribution in [-0.2, 0) is 0 Å². The van der Waals surface area contributed by atoms with E-state index in [1.807, 2.05) is 0 Å². The Hall–Kier alpha value is -0.480. The maximum absolute atomic E-state index is 6.25. The van der Waals surface area contributed by atoms with E-state index in [1.54, 1.807) is 23.1 Å². The van der Waals surface area contributed by atoms with Crippen LogP contribution in [-0.4, -0.2) is 12.8 Å². The quantitative estimate of drug-likeness (QED) is 0.702. The van der Waals surface area contributed by atoms with Crippen LogP contribution < -0.4 is 5.32 Å². The van der Waals surface area contributed by atoms with E-state index in [-0.39, 0.29) is 6.04 Å². The first kappa shape index (κ1) is 15.9. The Morgan fingerprint density at radius 1 is 1.35 bits per heavy atom. The zero-order valence-electron chi connectivity index (χ0n) is 12.1. The van der Waals surface area contributed by atoms with Gasteiger partial charge in [-0.05, 0) is 49.4 Å². The summed E-state index contributed by atoms with van der Waals surface area (Å²) in [5.41, 5.74) is 2.50. The maximum atomic E-state index is 6.25. The third-order valence-electron chi connectivity index (χ3n) is 3.21. The molecule has 108 valence electrons. The van der Waals surface area contributed by atoms with E-state index in [0.29, 0.717) is 0 Å². The largest absolute Gasteiger partial charge is 0.306 e. The lowest BCUT2D eigenvalue weighted by Gasteiger charge is -2.20. The maximum Gasteiger partial charge on any atom is 0.0961 e. The molecule has 1 aromatic heterocycles. The van der Waals surface area contributed by atoms with Gasteiger partial charge in [0.15, 0.2) is 0 Å². The summed E-state index contributed by atoms with van der Waals surface area (Å²) in [6.45, 7) is 5.26. The van der Waals surface area contributed by atoms with E-state index in [2.05, 4.69) is 55.8 Å². The zero-order valence-corrected chi connectivity index (χ0v) is 14.5. The first-order valence-electron chi connectivity index (χ1n) is 6.79. The van der Waals surface area contributed by atoms with Crippen molar-refractivity contribution in [1.29, 1.82) is 0 Å². The van der Waals surface area contributed by atoms with Gasteiger partial charge in [0, 0.05) is 9.77 Å². The molecular formula is C16H20ClNS2. The average molecular weight is 326 g/mol. The number of nitrogens with one attached hydrogen (secondary N) is 1. The van der Waals surface area contributed by atoms with E-state index in [1.165, 1.54) is 15.3 Å². The smallest absolute Gasteiger partial charge is 0.0961 e. The predicted octanol–water partition coefficient (Wildman–Crippen LogP) is 5.52. The van der Waals surface area contributed by atoms with Crippen molar-refractivity contribution in [2.45, 2.75) is 31.2 Å². The van der Waals surface area contributed by atoms with E-state index in [9.17, 15) is 0 Å². The van der Waals surface area contributed by atoms with E-state index >= 15 is 0 Å². The van der Waals surface area contributed by atoms with Crippen molar-refractivity contribution in [3.8, 4) is 0 Å². The lowest BCUT2D eigenvalue weighted by atomic mass is 10.0. The van der Waals surface area contributed by atoms with Crippen molar-refractivity contribution in [2.75, 3.05) is 12.8 Å². The lowest BCUT2D eigenvalue weighted by molar-refractivity contribution is 0.599. The van der Waals surface area contributed by atoms with Gasteiger partial charge in [-0.3, -0.25) is 0 Å². The van der Waals surface area contributed by atoms with E-state index in [0.717, 1.165) is 22.9 Å². The molecule has 1 unspecified atom stereocenters. The van der Waals surface area contributed by atoms with Crippen LogP contribution in [0, 0.1) is 6.92 Å². The van der Waals surface area contributed by atoms with Crippen molar-refractivity contribution < 1.29 is 0 Å². The molecule has 1 atom stereocenters. The third-order valence-corrected chi connectivity index (χ3v) is 5.64. The number of hydrogen-bond donors (Lipinski definition) is 1. The van der Waals surface area contributed by atoms with Crippen LogP contribution in [0.25, 0.3) is 0 Å². The summed E-state index contributed by atoms with van der Waals surface area (Å²) in [6, 6.07) is 11.0. The fraction of sp³-hybridized carbons (Fsp3) is 0.375. The Bertz CT molecular complexity index is 546. The fourth-order valence-electron chi connectivity index (χ4n) is 2.18. The van der Waals surface area contributed by atoms with Gasteiger partial charge in [-0.15, -0.1) is 23.1 Å². The standard InChI is InChI=1S/C16H20ClNS2/c1-4-9-18-15(14-10-11(2)16(17)20-14)12-7-5-6-8-13(12)19-3/h5-8,10,15,18H,4,9H2,1-3H3. The molecule has 2 aromatic rings. The molecule has 0 radical (unpaired) electrons. The van der Waals surface area contributed by atoms with Crippen molar-refractivity contribution in [3.05, 3.63) is 50.7 Å². The molecule has 0 aliphatic heterocycles. The number of aryl methyl sites for hydroxylation is 1. The summed E-state index contributed by atoms with van der Waals surface area (Å²) < 4.78 is 0.893. The van der Waals surface area contributed by atoms with Gasteiger partial charge in [-0.25, -0.2) is 0 Å². The Kier molecular flexibility index (Phi) is 5.97. The van der Waals surface area contributed by atoms with Crippen LogP contribution in [0.4, 0.5) is 0 Å². The molecule has 1 aromatic carbocycles. The summed E-state index contributed by atoms with van der Waals surface area (Å²) >= 11 is 9.73. The Balaban J connectivity index is 2.41. The third kappa shape index (κ3) is 3.59. The van der Waals surface area contributed by atoms with Crippen LogP contribution in [0.15, 0.2) is 35.2 Å². The number of hydrogen-bond acceptors (Lipinski definition) is 3. The number of benzene rings is 1. The Labute approximate surface area is 134 Å². The minimum absolute atomic E-state index is 0.231. The highest BCUT2D eigenvalue weighted by Gasteiger charge is 2.19. The second-order valence-electron chi connectivity index (χ2n) is 4.73. The molecule has 0 fully saturated rings. The van der Waals surface area contributed by atoms with Gasteiger partial charge in [-0.1, -0.05) is 36.7 Å². The molecule has 0 saturated carbocycles. The van der Waals surface area contributed by atoms with Crippen molar-refractivity contribution in [2.24, 2.45) is 0 Å². The van der Waals surface area contributed by atoms with Crippen LogP contribution in [0.2, 0.25) is 4.34 Å². The molecular weight excluding hydrogens is 306 g/mol. The SMILES string of the molecule is CCCNC(c1cc(C)c(Cl)s1)c1ccccc1SC. The van der Waals surface area contributed by atoms with Crippen LogP contribution in [0.5, 0.6) is 0 Å². The number of halogens is 1. The van der Waals surface area contributed by atoms with Crippen LogP contribution >= 0.6 is 34.7 Å². The molecule has 0 spiro atoms. The number of thioether (sulfide) groups is 1. The van der Waals surface area contributed by atoms with Crippen molar-refractivity contribution >= 4 is 34.7 Å². The fourth-order valence-corrected chi connectivity index (χ4v) is 4.13. The second-order valence-corrected chi connectivity index (χ2v) is 7.27. The first-order chi connectivity index (χ1) is 9.67. The predicted molar refractivity (Wildman–Crippen MR) is 92.4 cm³/mol. The molecule has 2 rings (SSSR count). The summed E-state index contributed by atoms with van der Waals surface area (Å²) in [5, 5.41) is 3.66. The monoisotopic (exact) mass is 325 g/mol. The number of thiophene rings is 1. The summed E-state index contributed by atoms with van der Waals surface area (Å²) in [4.78, 5) is 2.62. The topological polar surface area (TPSA) is 12.0 Å². The molecule has 4 heteroatoms. The molecule has 1 nitrogen and oxygen atoms in total. The highest BCUT2D eigenvalue weighted by Crippen LogP contribution is 2.37. The Morgan fingerprint density at radius 3 is 2.70 bits per heavy atom. The van der Waals surface area contributed by atoms with E-state index in [4.69, 9.17) is 11.6 Å². The molecule has 0 amide bonds. The molecule has 1 heterocycles. The van der Waals surface area contributed by atoms with Crippen molar-refractivity contribution in [1.82, 2.24) is 5.32 Å². The summed E-state index contributed by atoms with van der Waals surface area (Å²) in [5.74, 6) is 0. The van der Waals surface area contributed by atoms with Gasteiger partial charge in [0.2, 0.25) is 0 Å². The molecule has 0 aliphatic carbocycles. The molecule has 1 N–H and O–H groups in total. The van der Waals surface area contributed by atoms with Crippen molar-refractivity contribution in [3.63, 3.8) is 0 Å². The Morgan fingerprint density at radius 2 is 2.10 bits per heavy atom. The van der Waals surface area contributed by atoms with E-state index < -0.39 is 0 Å². The average Bonchev–Trinajstić information content (AvgIpc) is 2.79. The molecule has 0 saturated heterocycles. The van der Waals surface area contributed by atoms with Gasteiger partial charge < -0.3 is 5.32 Å². The van der Waals surface area contributed by atoms with Gasteiger partial charge in [0.1, 0.15) is 0 Å². The number of rotatable bonds is 6. The second kappa shape index (κ2) is 7.51. The zero-order chi connectivity index (χ0) is 14.5. The lowest BCUT2D eigenvalue weighted by Crippen LogP contribution is -2.22. The van der Waals surface area contributed by atoms with Crippen LogP contribution in [0.3, 0.4) is 0 Å². The van der Waals surface area contributed by atoms with Gasteiger partial charge in [0.25, 0.3) is 0 Å². The van der Waals surface area contributed by atoms with Gasteiger partial charge >= 0.3 is 0 Å². The highest BCUT2D eigenvalue weighted by atomic mass is 35.5. The molecule has 0 aliphatic rings. The van der Waals surface area contributed by atoms with Gasteiger partial charge in [-0.2, -0.15) is 0 Å². The summed E-state index contributed by atoms with van der Waals surface area (Å²) in [6.07, 6.45) is 3.25. The minimum Gasteiger partial charge on any atom is -0.306 e. The minimum atomic E-state index is 0.231. The summed E-state index contributed by atoms with van der Waals surface area (Å²) in [7, 11) is 0. The molecule has 20 heavy (non-hydrogen) atoms. The first-order valence-corrected chi connectivity index (χ1v) is 9.21. The van der Waals surface area contributed by atoms with Crippen LogP contribution in [0.1, 0.15) is 35.4 Å². The highest BCUT2D eigenvalue weighted by molar-refractivity contribution is 7.98. The molecule has 0 bridgehead atoms.